The third-order valence-electron chi connectivity index (χ3n) is 3.60. The van der Waals surface area contributed by atoms with Crippen molar-refractivity contribution in [1.82, 2.24) is 4.90 Å². The number of carbonyl (C=O) groups excluding carboxylic acids is 1. The van der Waals surface area contributed by atoms with Crippen molar-refractivity contribution in [2.75, 3.05) is 13.1 Å². The van der Waals surface area contributed by atoms with Crippen molar-refractivity contribution >= 4 is 5.91 Å². The Balaban J connectivity index is 2.68. The largest absolute Gasteiger partial charge is 0.406 e. The average molecular weight is 280 g/mol. The Morgan fingerprint density at radius 3 is 2.47 bits per heavy atom. The lowest BCUT2D eigenvalue weighted by Gasteiger charge is -2.33. The van der Waals surface area contributed by atoms with E-state index in [2.05, 4.69) is 0 Å². The van der Waals surface area contributed by atoms with Crippen LogP contribution in [0.3, 0.4) is 0 Å². The van der Waals surface area contributed by atoms with E-state index in [1.807, 2.05) is 6.92 Å². The van der Waals surface area contributed by atoms with E-state index >= 15 is 0 Å². The maximum atomic E-state index is 12.5. The molecule has 1 amide bonds. The first kappa shape index (κ1) is 16.3. The summed E-state index contributed by atoms with van der Waals surface area (Å²) in [4.78, 5) is 13.2. The number of carbonyl (C=O) groups is 1. The fourth-order valence-electron chi connectivity index (χ4n) is 2.53. The summed E-state index contributed by atoms with van der Waals surface area (Å²) in [6.07, 6.45) is 0.172. The molecule has 2 unspecified atom stereocenters. The molecule has 0 aliphatic heterocycles. The molecule has 0 aromatic carbocycles. The summed E-state index contributed by atoms with van der Waals surface area (Å²) in [5.41, 5.74) is 5.88. The third-order valence-corrected chi connectivity index (χ3v) is 3.60. The lowest BCUT2D eigenvalue weighted by atomic mass is 9.84. The van der Waals surface area contributed by atoms with Gasteiger partial charge in [-0.3, -0.25) is 4.79 Å². The molecule has 2 N–H and O–H groups in total. The van der Waals surface area contributed by atoms with Gasteiger partial charge in [-0.25, -0.2) is 0 Å². The summed E-state index contributed by atoms with van der Waals surface area (Å²) in [6, 6.07) is -0.293. The molecule has 6 heteroatoms. The summed E-state index contributed by atoms with van der Waals surface area (Å²) in [7, 11) is 0. The maximum Gasteiger partial charge on any atom is 0.406 e. The van der Waals surface area contributed by atoms with Gasteiger partial charge in [0.1, 0.15) is 6.54 Å². The summed E-state index contributed by atoms with van der Waals surface area (Å²) in [5, 5.41) is 0. The topological polar surface area (TPSA) is 46.3 Å². The number of hydrogen-bond acceptors (Lipinski definition) is 2. The van der Waals surface area contributed by atoms with Crippen LogP contribution in [0.4, 0.5) is 13.2 Å². The highest BCUT2D eigenvalue weighted by Crippen LogP contribution is 2.26. The van der Waals surface area contributed by atoms with E-state index in [9.17, 15) is 18.0 Å². The van der Waals surface area contributed by atoms with Crippen LogP contribution in [0.2, 0.25) is 0 Å². The van der Waals surface area contributed by atoms with E-state index in [0.717, 1.165) is 30.6 Å². The lowest BCUT2D eigenvalue weighted by molar-refractivity contribution is -0.164. The normalized spacial score (nSPS) is 24.3. The molecule has 0 saturated heterocycles. The second kappa shape index (κ2) is 7.12. The van der Waals surface area contributed by atoms with Crippen molar-refractivity contribution in [3.8, 4) is 0 Å². The zero-order chi connectivity index (χ0) is 14.5. The fraction of sp³-hybridized carbons (Fsp3) is 0.923. The van der Waals surface area contributed by atoms with Crippen LogP contribution < -0.4 is 5.73 Å². The predicted octanol–water partition coefficient (Wildman–Crippen LogP) is 2.69. The van der Waals surface area contributed by atoms with Gasteiger partial charge >= 0.3 is 6.18 Å². The molecule has 112 valence electrons. The van der Waals surface area contributed by atoms with E-state index in [0.29, 0.717) is 12.8 Å². The summed E-state index contributed by atoms with van der Waals surface area (Å²) < 4.78 is 37.6. The number of hydrogen-bond donors (Lipinski definition) is 1. The third kappa shape index (κ3) is 5.38. The van der Waals surface area contributed by atoms with Gasteiger partial charge < -0.3 is 10.6 Å². The van der Waals surface area contributed by atoms with Gasteiger partial charge in [0.2, 0.25) is 5.91 Å². The van der Waals surface area contributed by atoms with Gasteiger partial charge in [-0.1, -0.05) is 26.2 Å². The van der Waals surface area contributed by atoms with Crippen molar-refractivity contribution in [3.63, 3.8) is 0 Å². The number of amides is 1. The number of nitrogens with two attached hydrogens (primary N) is 1. The zero-order valence-corrected chi connectivity index (χ0v) is 11.4. The van der Waals surface area contributed by atoms with Crippen molar-refractivity contribution < 1.29 is 18.0 Å². The van der Waals surface area contributed by atoms with Crippen LogP contribution in [-0.2, 0) is 4.79 Å². The van der Waals surface area contributed by atoms with Crippen LogP contribution in [0.5, 0.6) is 0 Å². The van der Waals surface area contributed by atoms with Gasteiger partial charge in [-0.05, 0) is 19.3 Å². The first-order valence-electron chi connectivity index (χ1n) is 6.96. The number of rotatable bonds is 5. The Kier molecular flexibility index (Phi) is 6.10. The molecule has 19 heavy (non-hydrogen) atoms. The van der Waals surface area contributed by atoms with Crippen LogP contribution in [0.1, 0.15) is 45.4 Å². The first-order chi connectivity index (χ1) is 8.85. The van der Waals surface area contributed by atoms with Gasteiger partial charge in [0.25, 0.3) is 0 Å². The first-order valence-corrected chi connectivity index (χ1v) is 6.96. The van der Waals surface area contributed by atoms with Crippen molar-refractivity contribution in [3.05, 3.63) is 0 Å². The fourth-order valence-corrected chi connectivity index (χ4v) is 2.53. The quantitative estimate of drug-likeness (QED) is 0.841. The summed E-state index contributed by atoms with van der Waals surface area (Å²) in [6.45, 7) is 0.899. The molecule has 1 fully saturated rings. The Morgan fingerprint density at radius 2 is 1.95 bits per heavy atom. The molecule has 3 nitrogen and oxygen atoms in total. The van der Waals surface area contributed by atoms with Gasteiger partial charge in [-0.15, -0.1) is 0 Å². The molecule has 1 aliphatic rings. The maximum absolute atomic E-state index is 12.5. The van der Waals surface area contributed by atoms with Crippen LogP contribution >= 0.6 is 0 Å². The molecule has 0 radical (unpaired) electrons. The Labute approximate surface area is 112 Å². The number of unbranched alkanes of at least 4 members (excludes halogenated alkanes) is 1. The van der Waals surface area contributed by atoms with E-state index in [4.69, 9.17) is 5.73 Å². The molecule has 1 saturated carbocycles. The van der Waals surface area contributed by atoms with Crippen LogP contribution in [0.15, 0.2) is 0 Å². The highest BCUT2D eigenvalue weighted by molar-refractivity contribution is 5.79. The van der Waals surface area contributed by atoms with E-state index in [1.54, 1.807) is 0 Å². The smallest absolute Gasteiger partial charge is 0.333 e. The van der Waals surface area contributed by atoms with Gasteiger partial charge in [0, 0.05) is 12.6 Å². The molecular formula is C13H23F3N2O. The number of nitrogens with zero attached hydrogens (tertiary/aromatic N) is 1. The van der Waals surface area contributed by atoms with Crippen LogP contribution in [0.25, 0.3) is 0 Å². The molecule has 0 aromatic rings. The zero-order valence-electron chi connectivity index (χ0n) is 11.4. The molecule has 0 heterocycles. The molecule has 1 aliphatic carbocycles. The van der Waals surface area contributed by atoms with Crippen molar-refractivity contribution in [2.24, 2.45) is 11.7 Å². The molecule has 0 bridgehead atoms. The highest BCUT2D eigenvalue weighted by Gasteiger charge is 2.37. The number of halogens is 3. The predicted molar refractivity (Wildman–Crippen MR) is 67.5 cm³/mol. The molecular weight excluding hydrogens is 257 g/mol. The molecule has 0 spiro atoms. The van der Waals surface area contributed by atoms with Gasteiger partial charge in [0.15, 0.2) is 0 Å². The molecule has 2 atom stereocenters. The standard InChI is InChI=1S/C13H23F3N2O/c1-2-3-8-18(9-13(14,15)16)12(19)10-6-4-5-7-11(10)17/h10-11H,2-9,17H2,1H3. The number of alkyl halides is 3. The average Bonchev–Trinajstić information content (AvgIpc) is 2.33. The van der Waals surface area contributed by atoms with E-state index in [1.165, 1.54) is 0 Å². The SMILES string of the molecule is CCCCN(CC(F)(F)F)C(=O)C1CCCCC1N. The van der Waals surface area contributed by atoms with Gasteiger partial charge in [-0.2, -0.15) is 13.2 Å². The second-order valence-corrected chi connectivity index (χ2v) is 5.28. The molecule has 0 aromatic heterocycles. The monoisotopic (exact) mass is 280 g/mol. The molecule has 1 rings (SSSR count). The summed E-state index contributed by atoms with van der Waals surface area (Å²) in [5.74, 6) is -0.856. The van der Waals surface area contributed by atoms with E-state index < -0.39 is 24.5 Å². The minimum atomic E-state index is -4.35. The Morgan fingerprint density at radius 1 is 1.32 bits per heavy atom. The van der Waals surface area contributed by atoms with Crippen LogP contribution in [0, 0.1) is 5.92 Å². The van der Waals surface area contributed by atoms with Crippen molar-refractivity contribution in [2.45, 2.75) is 57.7 Å². The Bertz CT molecular complexity index is 294. The Hall–Kier alpha value is -0.780. The lowest BCUT2D eigenvalue weighted by Crippen LogP contribution is -2.48. The van der Waals surface area contributed by atoms with Crippen LogP contribution in [-0.4, -0.2) is 36.1 Å². The minimum absolute atomic E-state index is 0.165. The minimum Gasteiger partial charge on any atom is -0.333 e. The summed E-state index contributed by atoms with van der Waals surface area (Å²) >= 11 is 0. The van der Waals surface area contributed by atoms with Gasteiger partial charge in [0.05, 0.1) is 5.92 Å². The van der Waals surface area contributed by atoms with E-state index in [-0.39, 0.29) is 12.6 Å². The highest BCUT2D eigenvalue weighted by atomic mass is 19.4. The second-order valence-electron chi connectivity index (χ2n) is 5.28. The van der Waals surface area contributed by atoms with Crippen molar-refractivity contribution in [1.29, 1.82) is 0 Å².